The molecule has 1 amide bonds. The molecule has 0 heterocycles. The number of hydrogen-bond donors (Lipinski definition) is 2. The largest absolute Gasteiger partial charge is 0.465 e. The van der Waals surface area contributed by atoms with Crippen LogP contribution in [0.3, 0.4) is 0 Å². The van der Waals surface area contributed by atoms with Crippen LogP contribution < -0.4 is 10.6 Å². The molecule has 2 N–H and O–H groups in total. The van der Waals surface area contributed by atoms with Gasteiger partial charge in [-0.05, 0) is 39.0 Å². The molecule has 0 bridgehead atoms. The SMILES string of the molecule is COC(=O)c1cc(NC(=O)CNC(C)(C)C)ccc1Cl. The van der Waals surface area contributed by atoms with Gasteiger partial charge in [-0.1, -0.05) is 11.6 Å². The summed E-state index contributed by atoms with van der Waals surface area (Å²) in [5, 5.41) is 6.05. The highest BCUT2D eigenvalue weighted by Crippen LogP contribution is 2.21. The number of halogens is 1. The van der Waals surface area contributed by atoms with Crippen molar-refractivity contribution in [2.75, 3.05) is 19.0 Å². The molecule has 0 aliphatic rings. The minimum absolute atomic E-state index is 0.144. The first-order valence-electron chi connectivity index (χ1n) is 6.15. The van der Waals surface area contributed by atoms with E-state index in [4.69, 9.17) is 11.6 Å². The van der Waals surface area contributed by atoms with Gasteiger partial charge in [-0.2, -0.15) is 0 Å². The van der Waals surface area contributed by atoms with Crippen LogP contribution in [0.1, 0.15) is 31.1 Å². The molecule has 1 aromatic carbocycles. The van der Waals surface area contributed by atoms with Crippen LogP contribution in [-0.4, -0.2) is 31.1 Å². The molecule has 0 saturated carbocycles. The van der Waals surface area contributed by atoms with Crippen molar-refractivity contribution in [2.45, 2.75) is 26.3 Å². The molecule has 20 heavy (non-hydrogen) atoms. The van der Waals surface area contributed by atoms with E-state index >= 15 is 0 Å². The molecule has 0 atom stereocenters. The Morgan fingerprint density at radius 3 is 2.50 bits per heavy atom. The number of anilines is 1. The van der Waals surface area contributed by atoms with E-state index in [0.29, 0.717) is 5.69 Å². The Hall–Kier alpha value is -1.59. The summed E-state index contributed by atoms with van der Waals surface area (Å²) in [5.41, 5.74) is 0.570. The quantitative estimate of drug-likeness (QED) is 0.838. The summed E-state index contributed by atoms with van der Waals surface area (Å²) in [6.07, 6.45) is 0. The standard InChI is InChI=1S/C14H19ClN2O3/c1-14(2,3)16-8-12(18)17-9-5-6-11(15)10(7-9)13(19)20-4/h5-7,16H,8H2,1-4H3,(H,17,18). The number of carbonyl (C=O) groups excluding carboxylic acids is 2. The predicted octanol–water partition coefficient (Wildman–Crippen LogP) is 2.45. The fourth-order valence-corrected chi connectivity index (χ4v) is 1.61. The number of esters is 1. The maximum Gasteiger partial charge on any atom is 0.339 e. The second-order valence-electron chi connectivity index (χ2n) is 5.34. The van der Waals surface area contributed by atoms with Crippen LogP contribution >= 0.6 is 11.6 Å². The Balaban J connectivity index is 2.73. The molecule has 6 heteroatoms. The lowest BCUT2D eigenvalue weighted by Crippen LogP contribution is -2.41. The Bertz CT molecular complexity index is 510. The number of nitrogens with one attached hydrogen (secondary N) is 2. The van der Waals surface area contributed by atoms with Crippen molar-refractivity contribution in [3.8, 4) is 0 Å². The lowest BCUT2D eigenvalue weighted by atomic mass is 10.1. The molecule has 1 aromatic rings. The molecule has 5 nitrogen and oxygen atoms in total. The third-order valence-corrected chi connectivity index (χ3v) is 2.76. The molecule has 0 aliphatic carbocycles. The summed E-state index contributed by atoms with van der Waals surface area (Å²) in [6.45, 7) is 6.09. The molecule has 0 saturated heterocycles. The Morgan fingerprint density at radius 2 is 1.95 bits per heavy atom. The fraction of sp³-hybridized carbons (Fsp3) is 0.429. The predicted molar refractivity (Wildman–Crippen MR) is 79.2 cm³/mol. The smallest absolute Gasteiger partial charge is 0.339 e. The van der Waals surface area contributed by atoms with Crippen molar-refractivity contribution in [1.82, 2.24) is 5.32 Å². The maximum atomic E-state index is 11.8. The van der Waals surface area contributed by atoms with Gasteiger partial charge in [-0.15, -0.1) is 0 Å². The fourth-order valence-electron chi connectivity index (χ4n) is 1.42. The molecule has 0 radical (unpaired) electrons. The van der Waals surface area contributed by atoms with Gasteiger partial charge < -0.3 is 15.4 Å². The average molecular weight is 299 g/mol. The van der Waals surface area contributed by atoms with E-state index < -0.39 is 5.97 Å². The maximum absolute atomic E-state index is 11.8. The molecular formula is C14H19ClN2O3. The first-order chi connectivity index (χ1) is 9.23. The lowest BCUT2D eigenvalue weighted by Gasteiger charge is -2.20. The van der Waals surface area contributed by atoms with Crippen LogP contribution in [0.4, 0.5) is 5.69 Å². The first-order valence-corrected chi connectivity index (χ1v) is 6.53. The van der Waals surface area contributed by atoms with E-state index in [1.165, 1.54) is 13.2 Å². The number of ether oxygens (including phenoxy) is 1. The topological polar surface area (TPSA) is 67.4 Å². The van der Waals surface area contributed by atoms with Crippen molar-refractivity contribution in [3.63, 3.8) is 0 Å². The van der Waals surface area contributed by atoms with Crippen LogP contribution in [-0.2, 0) is 9.53 Å². The zero-order valence-corrected chi connectivity index (χ0v) is 12.8. The minimum atomic E-state index is -0.543. The van der Waals surface area contributed by atoms with Crippen LogP contribution in [0.2, 0.25) is 5.02 Å². The summed E-state index contributed by atoms with van der Waals surface area (Å²) in [7, 11) is 1.27. The number of amides is 1. The Kier molecular flexibility index (Phi) is 5.53. The van der Waals surface area contributed by atoms with E-state index in [-0.39, 0.29) is 28.6 Å². The second-order valence-corrected chi connectivity index (χ2v) is 5.75. The number of carbonyl (C=O) groups is 2. The monoisotopic (exact) mass is 298 g/mol. The van der Waals surface area contributed by atoms with E-state index in [9.17, 15) is 9.59 Å². The van der Waals surface area contributed by atoms with Crippen LogP contribution in [0.15, 0.2) is 18.2 Å². The molecule has 0 fully saturated rings. The zero-order valence-electron chi connectivity index (χ0n) is 12.0. The van der Waals surface area contributed by atoms with Crippen molar-refractivity contribution < 1.29 is 14.3 Å². The number of hydrogen-bond acceptors (Lipinski definition) is 4. The van der Waals surface area contributed by atoms with E-state index in [2.05, 4.69) is 15.4 Å². The first kappa shape index (κ1) is 16.5. The highest BCUT2D eigenvalue weighted by molar-refractivity contribution is 6.33. The van der Waals surface area contributed by atoms with E-state index in [1.54, 1.807) is 12.1 Å². The molecular weight excluding hydrogens is 280 g/mol. The second kappa shape index (κ2) is 6.72. The van der Waals surface area contributed by atoms with E-state index in [0.717, 1.165) is 0 Å². The zero-order chi connectivity index (χ0) is 15.3. The summed E-state index contributed by atoms with van der Waals surface area (Å²) in [4.78, 5) is 23.3. The molecule has 0 unspecified atom stereocenters. The van der Waals surface area contributed by atoms with Gasteiger partial charge in [0.1, 0.15) is 0 Å². The van der Waals surface area contributed by atoms with Gasteiger partial charge in [0.2, 0.25) is 5.91 Å². The number of methoxy groups -OCH3 is 1. The molecule has 0 aromatic heterocycles. The Morgan fingerprint density at radius 1 is 1.30 bits per heavy atom. The van der Waals surface area contributed by atoms with Gasteiger partial charge >= 0.3 is 5.97 Å². The highest BCUT2D eigenvalue weighted by Gasteiger charge is 2.14. The van der Waals surface area contributed by atoms with Crippen molar-refractivity contribution in [3.05, 3.63) is 28.8 Å². The summed E-state index contributed by atoms with van der Waals surface area (Å²) in [5.74, 6) is -0.739. The van der Waals surface area contributed by atoms with E-state index in [1.807, 2.05) is 20.8 Å². The van der Waals surface area contributed by atoms with Crippen molar-refractivity contribution >= 4 is 29.2 Å². The summed E-state index contributed by atoms with van der Waals surface area (Å²) < 4.78 is 4.62. The summed E-state index contributed by atoms with van der Waals surface area (Å²) >= 11 is 5.90. The number of benzene rings is 1. The van der Waals surface area contributed by atoms with Crippen LogP contribution in [0.5, 0.6) is 0 Å². The normalized spacial score (nSPS) is 11.1. The number of rotatable bonds is 4. The van der Waals surface area contributed by atoms with Crippen molar-refractivity contribution in [2.24, 2.45) is 0 Å². The van der Waals surface area contributed by atoms with Gasteiger partial charge in [-0.25, -0.2) is 4.79 Å². The van der Waals surface area contributed by atoms with Gasteiger partial charge in [0.05, 0.1) is 24.2 Å². The van der Waals surface area contributed by atoms with Gasteiger partial charge in [0.15, 0.2) is 0 Å². The molecule has 1 rings (SSSR count). The lowest BCUT2D eigenvalue weighted by molar-refractivity contribution is -0.115. The third kappa shape index (κ3) is 5.19. The third-order valence-electron chi connectivity index (χ3n) is 2.43. The van der Waals surface area contributed by atoms with Crippen LogP contribution in [0.25, 0.3) is 0 Å². The van der Waals surface area contributed by atoms with Gasteiger partial charge in [0.25, 0.3) is 0 Å². The average Bonchev–Trinajstić information content (AvgIpc) is 2.37. The minimum Gasteiger partial charge on any atom is -0.465 e. The molecule has 0 spiro atoms. The molecule has 0 aliphatic heterocycles. The van der Waals surface area contributed by atoms with Crippen LogP contribution in [0, 0.1) is 0 Å². The van der Waals surface area contributed by atoms with Gasteiger partial charge in [-0.3, -0.25) is 4.79 Å². The Labute approximate surface area is 123 Å². The summed E-state index contributed by atoms with van der Waals surface area (Å²) in [6, 6.07) is 4.66. The van der Waals surface area contributed by atoms with Gasteiger partial charge in [0, 0.05) is 11.2 Å². The van der Waals surface area contributed by atoms with Crippen molar-refractivity contribution in [1.29, 1.82) is 0 Å². The highest BCUT2D eigenvalue weighted by atomic mass is 35.5. The molecule has 110 valence electrons.